The van der Waals surface area contributed by atoms with Gasteiger partial charge in [0.05, 0.1) is 13.2 Å². The van der Waals surface area contributed by atoms with Gasteiger partial charge in [0.2, 0.25) is 0 Å². The summed E-state index contributed by atoms with van der Waals surface area (Å²) < 4.78 is 29.0. The van der Waals surface area contributed by atoms with Crippen LogP contribution in [0.5, 0.6) is 0 Å². The predicted molar refractivity (Wildman–Crippen MR) is 66.4 cm³/mol. The molecule has 0 fully saturated rings. The van der Waals surface area contributed by atoms with Crippen LogP contribution in [0, 0.1) is 5.92 Å². The molecule has 0 saturated heterocycles. The fourth-order valence-corrected chi connectivity index (χ4v) is 1.79. The number of nitrogens with one attached hydrogen (secondary N) is 1. The fraction of sp³-hybridized carbons (Fsp3) is 0.455. The molecule has 1 aromatic rings. The van der Waals surface area contributed by atoms with Crippen molar-refractivity contribution >= 4 is 10.2 Å². The van der Waals surface area contributed by atoms with Gasteiger partial charge in [0.1, 0.15) is 0 Å². The van der Waals surface area contributed by atoms with Crippen LogP contribution in [0.1, 0.15) is 12.5 Å². The number of nitrogens with two attached hydrogens (primary N) is 1. The van der Waals surface area contributed by atoms with Crippen molar-refractivity contribution in [3.05, 3.63) is 35.9 Å². The van der Waals surface area contributed by atoms with Crippen LogP contribution in [-0.2, 0) is 21.6 Å². The molecule has 0 aromatic heterocycles. The lowest BCUT2D eigenvalue weighted by Gasteiger charge is -2.12. The number of hydrogen-bond donors (Lipinski definition) is 2. The van der Waals surface area contributed by atoms with Gasteiger partial charge in [-0.15, -0.1) is 0 Å². The smallest absolute Gasteiger partial charge is 0.274 e. The normalized spacial score (nSPS) is 13.5. The second-order valence-corrected chi connectivity index (χ2v) is 5.38. The Labute approximate surface area is 102 Å². The Morgan fingerprint density at radius 3 is 2.59 bits per heavy atom. The summed E-state index contributed by atoms with van der Waals surface area (Å²) in [5.74, 6) is 0.0806. The largest absolute Gasteiger partial charge is 0.376 e. The van der Waals surface area contributed by atoms with Crippen LogP contribution in [0.3, 0.4) is 0 Å². The highest BCUT2D eigenvalue weighted by Crippen LogP contribution is 2.02. The molecular formula is C11H18N2O3S. The van der Waals surface area contributed by atoms with Gasteiger partial charge in [-0.3, -0.25) is 0 Å². The van der Waals surface area contributed by atoms with Crippen molar-refractivity contribution in [3.8, 4) is 0 Å². The van der Waals surface area contributed by atoms with E-state index in [0.29, 0.717) is 13.2 Å². The van der Waals surface area contributed by atoms with Gasteiger partial charge in [-0.05, 0) is 11.5 Å². The molecule has 1 rings (SSSR count). The van der Waals surface area contributed by atoms with Crippen LogP contribution in [0.4, 0.5) is 0 Å². The maximum atomic E-state index is 10.7. The van der Waals surface area contributed by atoms with E-state index in [1.165, 1.54) is 0 Å². The first-order valence-electron chi connectivity index (χ1n) is 5.36. The molecule has 96 valence electrons. The maximum Gasteiger partial charge on any atom is 0.274 e. The number of benzene rings is 1. The molecule has 0 heterocycles. The molecule has 0 amide bonds. The molecule has 0 aliphatic rings. The molecule has 0 aliphatic heterocycles. The monoisotopic (exact) mass is 258 g/mol. The van der Waals surface area contributed by atoms with Crippen LogP contribution < -0.4 is 9.86 Å². The van der Waals surface area contributed by atoms with E-state index in [9.17, 15) is 8.42 Å². The molecule has 0 bridgehead atoms. The van der Waals surface area contributed by atoms with Crippen molar-refractivity contribution < 1.29 is 13.2 Å². The Kier molecular flexibility index (Phi) is 5.57. The van der Waals surface area contributed by atoms with E-state index >= 15 is 0 Å². The summed E-state index contributed by atoms with van der Waals surface area (Å²) in [6.07, 6.45) is 0. The average Bonchev–Trinajstić information content (AvgIpc) is 2.27. The minimum absolute atomic E-state index is 0.0806. The molecule has 1 unspecified atom stereocenters. The molecule has 0 spiro atoms. The second-order valence-electron chi connectivity index (χ2n) is 4.00. The fourth-order valence-electron chi connectivity index (χ4n) is 1.27. The average molecular weight is 258 g/mol. The highest BCUT2D eigenvalue weighted by molar-refractivity contribution is 7.87. The zero-order valence-corrected chi connectivity index (χ0v) is 10.6. The van der Waals surface area contributed by atoms with E-state index in [-0.39, 0.29) is 12.5 Å². The summed E-state index contributed by atoms with van der Waals surface area (Å²) in [6, 6.07) is 9.80. The van der Waals surface area contributed by atoms with E-state index in [1.807, 2.05) is 37.3 Å². The number of ether oxygens (including phenoxy) is 1. The third-order valence-corrected chi connectivity index (χ3v) is 2.72. The molecule has 6 heteroatoms. The van der Waals surface area contributed by atoms with Crippen molar-refractivity contribution in [3.63, 3.8) is 0 Å². The topological polar surface area (TPSA) is 81.4 Å². The Bertz CT molecular complexity index is 420. The van der Waals surface area contributed by atoms with E-state index in [4.69, 9.17) is 9.88 Å². The van der Waals surface area contributed by atoms with Gasteiger partial charge in [-0.1, -0.05) is 37.3 Å². The number of hydrogen-bond acceptors (Lipinski definition) is 3. The molecule has 0 aliphatic carbocycles. The van der Waals surface area contributed by atoms with Crippen LogP contribution in [0.15, 0.2) is 30.3 Å². The van der Waals surface area contributed by atoms with E-state index in [2.05, 4.69) is 4.72 Å². The van der Waals surface area contributed by atoms with Crippen molar-refractivity contribution in [2.24, 2.45) is 11.1 Å². The van der Waals surface area contributed by atoms with E-state index < -0.39 is 10.2 Å². The molecule has 1 aromatic carbocycles. The Morgan fingerprint density at radius 1 is 1.35 bits per heavy atom. The van der Waals surface area contributed by atoms with Gasteiger partial charge in [0.15, 0.2) is 0 Å². The quantitative estimate of drug-likeness (QED) is 0.752. The lowest BCUT2D eigenvalue weighted by molar-refractivity contribution is 0.0934. The van der Waals surface area contributed by atoms with E-state index in [0.717, 1.165) is 5.56 Å². The molecule has 17 heavy (non-hydrogen) atoms. The summed E-state index contributed by atoms with van der Waals surface area (Å²) >= 11 is 0. The zero-order chi connectivity index (χ0) is 12.7. The minimum atomic E-state index is -3.60. The van der Waals surface area contributed by atoms with Gasteiger partial charge in [-0.2, -0.15) is 8.42 Å². The van der Waals surface area contributed by atoms with Crippen LogP contribution in [0.25, 0.3) is 0 Å². The summed E-state index contributed by atoms with van der Waals surface area (Å²) in [4.78, 5) is 0. The first-order valence-corrected chi connectivity index (χ1v) is 6.91. The second kappa shape index (κ2) is 6.70. The molecule has 5 nitrogen and oxygen atoms in total. The van der Waals surface area contributed by atoms with Crippen molar-refractivity contribution in [1.82, 2.24) is 4.72 Å². The summed E-state index contributed by atoms with van der Waals surface area (Å²) in [7, 11) is -3.60. The third kappa shape index (κ3) is 7.06. The standard InChI is InChI=1S/C11H18N2O3S/c1-10(7-13-17(12,14)15)8-16-9-11-5-3-2-4-6-11/h2-6,10,13H,7-9H2,1H3,(H2,12,14,15). The Hall–Kier alpha value is -0.950. The third-order valence-electron chi connectivity index (χ3n) is 2.15. The van der Waals surface area contributed by atoms with Crippen LogP contribution in [0.2, 0.25) is 0 Å². The van der Waals surface area contributed by atoms with Crippen molar-refractivity contribution in [1.29, 1.82) is 0 Å². The molecule has 0 radical (unpaired) electrons. The van der Waals surface area contributed by atoms with Gasteiger partial charge >= 0.3 is 0 Å². The first kappa shape index (κ1) is 14.1. The summed E-state index contributed by atoms with van der Waals surface area (Å²) in [5, 5.41) is 4.82. The molecule has 3 N–H and O–H groups in total. The summed E-state index contributed by atoms with van der Waals surface area (Å²) in [5.41, 5.74) is 1.10. The number of rotatable bonds is 7. The predicted octanol–water partition coefficient (Wildman–Crippen LogP) is 0.632. The molecule has 1 atom stereocenters. The highest BCUT2D eigenvalue weighted by Gasteiger charge is 2.06. The minimum Gasteiger partial charge on any atom is -0.376 e. The van der Waals surface area contributed by atoms with Gasteiger partial charge in [-0.25, -0.2) is 9.86 Å². The van der Waals surface area contributed by atoms with Gasteiger partial charge in [0.25, 0.3) is 10.2 Å². The van der Waals surface area contributed by atoms with Crippen molar-refractivity contribution in [2.45, 2.75) is 13.5 Å². The van der Waals surface area contributed by atoms with Gasteiger partial charge in [0, 0.05) is 6.54 Å². The Balaban J connectivity index is 2.18. The Morgan fingerprint density at radius 2 is 2.00 bits per heavy atom. The molecular weight excluding hydrogens is 240 g/mol. The van der Waals surface area contributed by atoms with E-state index in [1.54, 1.807) is 0 Å². The maximum absolute atomic E-state index is 10.7. The van der Waals surface area contributed by atoms with Crippen LogP contribution >= 0.6 is 0 Å². The highest BCUT2D eigenvalue weighted by atomic mass is 32.2. The molecule has 0 saturated carbocycles. The SMILES string of the molecule is CC(CNS(N)(=O)=O)COCc1ccccc1. The first-order chi connectivity index (χ1) is 7.97. The van der Waals surface area contributed by atoms with Crippen LogP contribution in [-0.4, -0.2) is 21.6 Å². The summed E-state index contributed by atoms with van der Waals surface area (Å²) in [6.45, 7) is 3.19. The lowest BCUT2D eigenvalue weighted by Crippen LogP contribution is -2.35. The lowest BCUT2D eigenvalue weighted by atomic mass is 10.2. The van der Waals surface area contributed by atoms with Crippen molar-refractivity contribution in [2.75, 3.05) is 13.2 Å². The van der Waals surface area contributed by atoms with Gasteiger partial charge < -0.3 is 4.74 Å². The zero-order valence-electron chi connectivity index (χ0n) is 9.80.